The van der Waals surface area contributed by atoms with Gasteiger partial charge in [0.2, 0.25) is 0 Å². The topological polar surface area (TPSA) is 94.4 Å². The van der Waals surface area contributed by atoms with E-state index in [9.17, 15) is 14.9 Å². The quantitative estimate of drug-likeness (QED) is 0.681. The highest BCUT2D eigenvalue weighted by Crippen LogP contribution is 2.29. The second-order valence-electron chi connectivity index (χ2n) is 3.81. The molecule has 1 heterocycles. The number of hydrogen-bond acceptors (Lipinski definition) is 5. The molecule has 2 aromatic rings. The number of anilines is 1. The zero-order valence-corrected chi connectivity index (χ0v) is 10.6. The van der Waals surface area contributed by atoms with Crippen molar-refractivity contribution in [3.63, 3.8) is 0 Å². The number of hydrogen-bond donors (Lipinski definition) is 1. The van der Waals surface area contributed by atoms with Gasteiger partial charge < -0.3 is 10.1 Å². The second kappa shape index (κ2) is 5.79. The molecule has 2 rings (SSSR count). The van der Waals surface area contributed by atoms with Crippen LogP contribution in [0.2, 0.25) is 0 Å². The molecule has 0 aliphatic heterocycles. The van der Waals surface area contributed by atoms with Gasteiger partial charge in [-0.05, 0) is 24.3 Å². The molecule has 1 N–H and O–H groups in total. The van der Waals surface area contributed by atoms with Crippen molar-refractivity contribution in [2.45, 2.75) is 0 Å². The molecule has 0 aliphatic rings. The number of nitrogens with one attached hydrogen (secondary N) is 1. The first-order chi connectivity index (χ1) is 9.61. The summed E-state index contributed by atoms with van der Waals surface area (Å²) in [7, 11) is 1.41. The number of rotatable bonds is 4. The molecule has 0 spiro atoms. The minimum Gasteiger partial charge on any atom is -0.496 e. The summed E-state index contributed by atoms with van der Waals surface area (Å²) in [5.74, 6) is -0.175. The smallest absolute Gasteiger partial charge is 0.296 e. The van der Waals surface area contributed by atoms with Gasteiger partial charge in [-0.1, -0.05) is 6.07 Å². The number of aromatic nitrogens is 1. The molecule has 20 heavy (non-hydrogen) atoms. The average Bonchev–Trinajstić information content (AvgIpc) is 2.48. The van der Waals surface area contributed by atoms with E-state index >= 15 is 0 Å². The van der Waals surface area contributed by atoms with Crippen LogP contribution in [0.1, 0.15) is 10.5 Å². The molecule has 1 aromatic heterocycles. The molecule has 7 nitrogen and oxygen atoms in total. The lowest BCUT2D eigenvalue weighted by atomic mass is 10.2. The number of carbonyl (C=O) groups excluding carboxylic acids is 1. The van der Waals surface area contributed by atoms with Gasteiger partial charge in [-0.2, -0.15) is 0 Å². The van der Waals surface area contributed by atoms with Crippen LogP contribution in [0.4, 0.5) is 11.4 Å². The summed E-state index contributed by atoms with van der Waals surface area (Å²) in [6.07, 6.45) is 1.47. The highest BCUT2D eigenvalue weighted by molar-refractivity contribution is 6.04. The Morgan fingerprint density at radius 2 is 2.15 bits per heavy atom. The maximum atomic E-state index is 11.9. The van der Waals surface area contributed by atoms with Crippen LogP contribution < -0.4 is 10.1 Å². The molecule has 102 valence electrons. The standard InChI is InChI=1S/C13H11N3O4/c1-20-9-5-6-10(12(8-9)16(18)19)15-13(17)11-4-2-3-7-14-11/h2-8H,1H3,(H,15,17). The molecule has 0 bridgehead atoms. The summed E-state index contributed by atoms with van der Waals surface area (Å²) in [6.45, 7) is 0. The monoisotopic (exact) mass is 273 g/mol. The van der Waals surface area contributed by atoms with Gasteiger partial charge in [0.05, 0.1) is 18.1 Å². The summed E-state index contributed by atoms with van der Waals surface area (Å²) >= 11 is 0. The Labute approximate surface area is 114 Å². The van der Waals surface area contributed by atoms with E-state index in [1.807, 2.05) is 0 Å². The van der Waals surface area contributed by atoms with Crippen LogP contribution >= 0.6 is 0 Å². The van der Waals surface area contributed by atoms with E-state index in [0.29, 0.717) is 5.75 Å². The summed E-state index contributed by atoms with van der Waals surface area (Å²) in [4.78, 5) is 26.2. The molecule has 0 saturated carbocycles. The van der Waals surface area contributed by atoms with Crippen molar-refractivity contribution in [2.24, 2.45) is 0 Å². The first-order valence-corrected chi connectivity index (χ1v) is 5.66. The lowest BCUT2D eigenvalue weighted by Crippen LogP contribution is -2.14. The number of ether oxygens (including phenoxy) is 1. The first-order valence-electron chi connectivity index (χ1n) is 5.66. The molecule has 0 atom stereocenters. The van der Waals surface area contributed by atoms with E-state index in [1.165, 1.54) is 37.6 Å². The van der Waals surface area contributed by atoms with Crippen molar-refractivity contribution in [2.75, 3.05) is 12.4 Å². The Morgan fingerprint density at radius 1 is 1.35 bits per heavy atom. The SMILES string of the molecule is COc1ccc(NC(=O)c2ccccn2)c([N+](=O)[O-])c1. The zero-order chi connectivity index (χ0) is 14.5. The van der Waals surface area contributed by atoms with Gasteiger partial charge in [0.25, 0.3) is 11.6 Å². The normalized spacial score (nSPS) is 9.85. The zero-order valence-electron chi connectivity index (χ0n) is 10.6. The highest BCUT2D eigenvalue weighted by Gasteiger charge is 2.18. The largest absolute Gasteiger partial charge is 0.496 e. The predicted molar refractivity (Wildman–Crippen MR) is 71.8 cm³/mol. The lowest BCUT2D eigenvalue weighted by Gasteiger charge is -2.07. The van der Waals surface area contributed by atoms with Crippen molar-refractivity contribution in [1.29, 1.82) is 0 Å². The van der Waals surface area contributed by atoms with Crippen LogP contribution in [0.5, 0.6) is 5.75 Å². The number of pyridine rings is 1. The van der Waals surface area contributed by atoms with Crippen LogP contribution in [0.25, 0.3) is 0 Å². The van der Waals surface area contributed by atoms with Crippen LogP contribution in [-0.2, 0) is 0 Å². The van der Waals surface area contributed by atoms with E-state index in [4.69, 9.17) is 4.74 Å². The lowest BCUT2D eigenvalue weighted by molar-refractivity contribution is -0.384. The van der Waals surface area contributed by atoms with Crippen LogP contribution in [0.15, 0.2) is 42.6 Å². The summed E-state index contributed by atoms with van der Waals surface area (Å²) in [5.41, 5.74) is 0.0256. The third-order valence-electron chi connectivity index (χ3n) is 2.55. The van der Waals surface area contributed by atoms with Gasteiger partial charge in [0.1, 0.15) is 17.1 Å². The molecular weight excluding hydrogens is 262 g/mol. The third kappa shape index (κ3) is 2.89. The van der Waals surface area contributed by atoms with E-state index in [-0.39, 0.29) is 17.1 Å². The highest BCUT2D eigenvalue weighted by atomic mass is 16.6. The van der Waals surface area contributed by atoms with Gasteiger partial charge in [-0.25, -0.2) is 0 Å². The van der Waals surface area contributed by atoms with E-state index in [1.54, 1.807) is 12.1 Å². The van der Waals surface area contributed by atoms with Crippen molar-refractivity contribution in [1.82, 2.24) is 4.98 Å². The van der Waals surface area contributed by atoms with Crippen molar-refractivity contribution < 1.29 is 14.5 Å². The van der Waals surface area contributed by atoms with Crippen molar-refractivity contribution >= 4 is 17.3 Å². The Hall–Kier alpha value is -2.96. The van der Waals surface area contributed by atoms with Gasteiger partial charge in [-0.15, -0.1) is 0 Å². The predicted octanol–water partition coefficient (Wildman–Crippen LogP) is 2.25. The number of nitro groups is 1. The van der Waals surface area contributed by atoms with E-state index in [2.05, 4.69) is 10.3 Å². The Morgan fingerprint density at radius 3 is 2.75 bits per heavy atom. The number of carbonyl (C=O) groups is 1. The Kier molecular flexibility index (Phi) is 3.90. The Bertz CT molecular complexity index is 643. The maximum absolute atomic E-state index is 11.9. The molecule has 1 amide bonds. The average molecular weight is 273 g/mol. The summed E-state index contributed by atoms with van der Waals surface area (Å²) in [6, 6.07) is 9.04. The van der Waals surface area contributed by atoms with Crippen LogP contribution in [0, 0.1) is 10.1 Å². The number of benzene rings is 1. The number of methoxy groups -OCH3 is 1. The summed E-state index contributed by atoms with van der Waals surface area (Å²) in [5, 5.41) is 13.5. The summed E-state index contributed by atoms with van der Waals surface area (Å²) < 4.78 is 4.92. The molecule has 0 fully saturated rings. The fourth-order valence-electron chi connectivity index (χ4n) is 1.58. The minimum absolute atomic E-state index is 0.0893. The second-order valence-corrected chi connectivity index (χ2v) is 3.81. The van der Waals surface area contributed by atoms with E-state index in [0.717, 1.165) is 0 Å². The van der Waals surface area contributed by atoms with Crippen molar-refractivity contribution in [3.8, 4) is 5.75 Å². The maximum Gasteiger partial charge on any atom is 0.296 e. The molecule has 7 heteroatoms. The third-order valence-corrected chi connectivity index (χ3v) is 2.55. The fourth-order valence-corrected chi connectivity index (χ4v) is 1.58. The molecule has 0 radical (unpaired) electrons. The molecule has 0 unspecified atom stereocenters. The van der Waals surface area contributed by atoms with Crippen LogP contribution in [-0.4, -0.2) is 22.9 Å². The van der Waals surface area contributed by atoms with Gasteiger partial charge in [0.15, 0.2) is 0 Å². The molecule has 0 saturated heterocycles. The van der Waals surface area contributed by atoms with Crippen LogP contribution in [0.3, 0.4) is 0 Å². The van der Waals surface area contributed by atoms with Gasteiger partial charge in [0, 0.05) is 6.20 Å². The molecular formula is C13H11N3O4. The first kappa shape index (κ1) is 13.5. The number of nitrogens with zero attached hydrogens (tertiary/aromatic N) is 2. The van der Waals surface area contributed by atoms with Gasteiger partial charge in [-0.3, -0.25) is 19.9 Å². The minimum atomic E-state index is -0.587. The molecule has 1 aromatic carbocycles. The van der Waals surface area contributed by atoms with Gasteiger partial charge >= 0.3 is 0 Å². The number of nitro benzene ring substituents is 1. The number of amides is 1. The van der Waals surface area contributed by atoms with E-state index < -0.39 is 10.8 Å². The van der Waals surface area contributed by atoms with Crippen molar-refractivity contribution in [3.05, 3.63) is 58.4 Å². The fraction of sp³-hybridized carbons (Fsp3) is 0.0769. The molecule has 0 aliphatic carbocycles. The Balaban J connectivity index is 2.29.